The number of Topliss-reactive ketones (excluding diaryl/α,β-unsaturated/α-hetero) is 1. The quantitative estimate of drug-likeness (QED) is 0.777. The molecule has 1 aromatic carbocycles. The van der Waals surface area contributed by atoms with Gasteiger partial charge in [0.2, 0.25) is 0 Å². The molecule has 0 unspecified atom stereocenters. The number of carboxylic acid groups (broad SMARTS) is 1. The molecule has 1 aliphatic carbocycles. The molecule has 2 rings (SSSR count). The van der Waals surface area contributed by atoms with E-state index in [1.54, 1.807) is 26.0 Å². The SMILES string of the molecule is CC(C)(CCC(=O)O)NC(=O)Nc1ccc2c(c1)CCCC2=O. The van der Waals surface area contributed by atoms with Gasteiger partial charge in [-0.25, -0.2) is 4.79 Å². The van der Waals surface area contributed by atoms with E-state index in [9.17, 15) is 14.4 Å². The number of ketones is 1. The standard InChI is InChI=1S/C17H22N2O4/c1-17(2,9-8-15(21)22)19-16(23)18-12-6-7-13-11(10-12)4-3-5-14(13)20/h6-7,10H,3-5,8-9H2,1-2H3,(H,21,22)(H2,18,19,23). The van der Waals surface area contributed by atoms with E-state index in [2.05, 4.69) is 10.6 Å². The molecule has 0 aliphatic heterocycles. The Bertz CT molecular complexity index is 637. The van der Waals surface area contributed by atoms with Crippen LogP contribution in [-0.4, -0.2) is 28.4 Å². The average molecular weight is 318 g/mol. The lowest BCUT2D eigenvalue weighted by atomic mass is 9.90. The number of hydrogen-bond acceptors (Lipinski definition) is 3. The van der Waals surface area contributed by atoms with Crippen molar-refractivity contribution in [2.75, 3.05) is 5.32 Å². The summed E-state index contributed by atoms with van der Waals surface area (Å²) in [5.41, 5.74) is 1.71. The molecule has 0 fully saturated rings. The molecular weight excluding hydrogens is 296 g/mol. The maximum Gasteiger partial charge on any atom is 0.319 e. The Morgan fingerprint density at radius 1 is 1.26 bits per heavy atom. The van der Waals surface area contributed by atoms with Crippen molar-refractivity contribution in [2.45, 2.75) is 51.5 Å². The predicted molar refractivity (Wildman–Crippen MR) is 86.8 cm³/mol. The highest BCUT2D eigenvalue weighted by atomic mass is 16.4. The molecular formula is C17H22N2O4. The fourth-order valence-electron chi connectivity index (χ4n) is 2.68. The van der Waals surface area contributed by atoms with E-state index in [0.29, 0.717) is 18.5 Å². The first-order chi connectivity index (χ1) is 10.8. The van der Waals surface area contributed by atoms with Crippen molar-refractivity contribution < 1.29 is 19.5 Å². The molecule has 23 heavy (non-hydrogen) atoms. The zero-order valence-corrected chi connectivity index (χ0v) is 13.4. The highest BCUT2D eigenvalue weighted by Gasteiger charge is 2.22. The second-order valence-corrected chi connectivity index (χ2v) is 6.51. The fraction of sp³-hybridized carbons (Fsp3) is 0.471. The van der Waals surface area contributed by atoms with Crippen molar-refractivity contribution in [2.24, 2.45) is 0 Å². The molecule has 0 saturated carbocycles. The third kappa shape index (κ3) is 4.81. The van der Waals surface area contributed by atoms with E-state index in [0.717, 1.165) is 24.0 Å². The Morgan fingerprint density at radius 3 is 2.70 bits per heavy atom. The fourth-order valence-corrected chi connectivity index (χ4v) is 2.68. The molecule has 0 atom stereocenters. The van der Waals surface area contributed by atoms with Crippen LogP contribution in [0.2, 0.25) is 0 Å². The molecule has 0 heterocycles. The first kappa shape index (κ1) is 17.0. The van der Waals surface area contributed by atoms with Gasteiger partial charge in [0.1, 0.15) is 0 Å². The number of carboxylic acids is 1. The van der Waals surface area contributed by atoms with Crippen molar-refractivity contribution in [1.82, 2.24) is 5.32 Å². The number of anilines is 1. The maximum absolute atomic E-state index is 12.1. The topological polar surface area (TPSA) is 95.5 Å². The minimum atomic E-state index is -0.889. The highest BCUT2D eigenvalue weighted by molar-refractivity contribution is 5.99. The zero-order chi connectivity index (χ0) is 17.0. The molecule has 0 aromatic heterocycles. The van der Waals surface area contributed by atoms with Gasteiger partial charge in [0.15, 0.2) is 5.78 Å². The summed E-state index contributed by atoms with van der Waals surface area (Å²) in [5, 5.41) is 14.2. The minimum absolute atomic E-state index is 0.00572. The van der Waals surface area contributed by atoms with Crippen LogP contribution in [0.25, 0.3) is 0 Å². The van der Waals surface area contributed by atoms with Gasteiger partial charge in [0, 0.05) is 29.6 Å². The Labute approximate surface area is 135 Å². The van der Waals surface area contributed by atoms with Gasteiger partial charge in [-0.15, -0.1) is 0 Å². The lowest BCUT2D eigenvalue weighted by Crippen LogP contribution is -2.45. The molecule has 0 bridgehead atoms. The summed E-state index contributed by atoms with van der Waals surface area (Å²) in [6.45, 7) is 3.56. The first-order valence-corrected chi connectivity index (χ1v) is 7.74. The summed E-state index contributed by atoms with van der Waals surface area (Å²) < 4.78 is 0. The third-order valence-electron chi connectivity index (χ3n) is 3.93. The Balaban J connectivity index is 1.98. The molecule has 6 nitrogen and oxygen atoms in total. The van der Waals surface area contributed by atoms with Gasteiger partial charge in [-0.2, -0.15) is 0 Å². The van der Waals surface area contributed by atoms with Crippen LogP contribution in [-0.2, 0) is 11.2 Å². The second-order valence-electron chi connectivity index (χ2n) is 6.51. The molecule has 0 spiro atoms. The van der Waals surface area contributed by atoms with Gasteiger partial charge in [0.05, 0.1) is 0 Å². The Hall–Kier alpha value is -2.37. The number of benzene rings is 1. The van der Waals surface area contributed by atoms with Gasteiger partial charge in [-0.05, 0) is 56.9 Å². The highest BCUT2D eigenvalue weighted by Crippen LogP contribution is 2.24. The summed E-state index contributed by atoms with van der Waals surface area (Å²) in [7, 11) is 0. The number of aryl methyl sites for hydroxylation is 1. The molecule has 2 amide bonds. The average Bonchev–Trinajstić information content (AvgIpc) is 2.45. The Kier molecular flexibility index (Phi) is 5.03. The normalized spacial score (nSPS) is 14.1. The third-order valence-corrected chi connectivity index (χ3v) is 3.93. The summed E-state index contributed by atoms with van der Waals surface area (Å²) in [6.07, 6.45) is 2.59. The predicted octanol–water partition coefficient (Wildman–Crippen LogP) is 2.97. The molecule has 3 N–H and O–H groups in total. The van der Waals surface area contributed by atoms with Crippen LogP contribution < -0.4 is 10.6 Å². The van der Waals surface area contributed by atoms with Gasteiger partial charge >= 0.3 is 12.0 Å². The van der Waals surface area contributed by atoms with Crippen LogP contribution >= 0.6 is 0 Å². The number of fused-ring (bicyclic) bond motifs is 1. The molecule has 6 heteroatoms. The second kappa shape index (κ2) is 6.81. The smallest absolute Gasteiger partial charge is 0.319 e. The van der Waals surface area contributed by atoms with Gasteiger partial charge in [0.25, 0.3) is 0 Å². The minimum Gasteiger partial charge on any atom is -0.481 e. The number of rotatable bonds is 5. The number of urea groups is 1. The van der Waals surface area contributed by atoms with E-state index in [1.807, 2.05) is 6.07 Å². The number of carbonyl (C=O) groups is 3. The maximum atomic E-state index is 12.1. The van der Waals surface area contributed by atoms with Crippen LogP contribution in [0.5, 0.6) is 0 Å². The van der Waals surface area contributed by atoms with E-state index in [1.165, 1.54) is 0 Å². The van der Waals surface area contributed by atoms with Crippen molar-refractivity contribution in [1.29, 1.82) is 0 Å². The molecule has 1 aliphatic rings. The van der Waals surface area contributed by atoms with Gasteiger partial charge in [-0.3, -0.25) is 9.59 Å². The Morgan fingerprint density at radius 2 is 2.00 bits per heavy atom. The van der Waals surface area contributed by atoms with E-state index >= 15 is 0 Å². The van der Waals surface area contributed by atoms with Crippen molar-refractivity contribution >= 4 is 23.5 Å². The largest absolute Gasteiger partial charge is 0.481 e. The first-order valence-electron chi connectivity index (χ1n) is 7.74. The lowest BCUT2D eigenvalue weighted by Gasteiger charge is -2.26. The van der Waals surface area contributed by atoms with E-state index in [4.69, 9.17) is 5.11 Å². The summed E-state index contributed by atoms with van der Waals surface area (Å²) >= 11 is 0. The van der Waals surface area contributed by atoms with Crippen molar-refractivity contribution in [3.05, 3.63) is 29.3 Å². The van der Waals surface area contributed by atoms with Gasteiger partial charge in [-0.1, -0.05) is 0 Å². The van der Waals surface area contributed by atoms with Crippen molar-refractivity contribution in [3.63, 3.8) is 0 Å². The number of nitrogens with one attached hydrogen (secondary N) is 2. The summed E-state index contributed by atoms with van der Waals surface area (Å²) in [4.78, 5) is 34.5. The lowest BCUT2D eigenvalue weighted by molar-refractivity contribution is -0.137. The van der Waals surface area contributed by atoms with Crippen LogP contribution in [0.4, 0.5) is 10.5 Å². The van der Waals surface area contributed by atoms with Gasteiger partial charge < -0.3 is 15.7 Å². The van der Waals surface area contributed by atoms with E-state index in [-0.39, 0.29) is 18.2 Å². The van der Waals surface area contributed by atoms with Crippen LogP contribution in [0.1, 0.15) is 55.5 Å². The molecule has 0 radical (unpaired) electrons. The number of carbonyl (C=O) groups excluding carboxylic acids is 2. The van der Waals surface area contributed by atoms with Crippen molar-refractivity contribution in [3.8, 4) is 0 Å². The van der Waals surface area contributed by atoms with Crippen LogP contribution in [0, 0.1) is 0 Å². The summed E-state index contributed by atoms with van der Waals surface area (Å²) in [6, 6.07) is 4.91. The monoisotopic (exact) mass is 318 g/mol. The summed E-state index contributed by atoms with van der Waals surface area (Å²) in [5.74, 6) is -0.739. The van der Waals surface area contributed by atoms with E-state index < -0.39 is 11.5 Å². The number of aliphatic carboxylic acids is 1. The number of hydrogen-bond donors (Lipinski definition) is 3. The zero-order valence-electron chi connectivity index (χ0n) is 13.4. The van der Waals surface area contributed by atoms with Crippen LogP contribution in [0.15, 0.2) is 18.2 Å². The molecule has 1 aromatic rings. The van der Waals surface area contributed by atoms with Crippen LogP contribution in [0.3, 0.4) is 0 Å². The molecule has 0 saturated heterocycles. The number of amides is 2. The molecule has 124 valence electrons.